The Bertz CT molecular complexity index is 972. The van der Waals surface area contributed by atoms with Gasteiger partial charge >= 0.3 is 0 Å². The Balaban J connectivity index is 1.55. The molecule has 0 spiro atoms. The number of hydrogen-bond donors (Lipinski definition) is 1. The Labute approximate surface area is 166 Å². The highest BCUT2D eigenvalue weighted by Crippen LogP contribution is 2.39. The predicted molar refractivity (Wildman–Crippen MR) is 111 cm³/mol. The largest absolute Gasteiger partial charge is 0.383 e. The van der Waals surface area contributed by atoms with Crippen molar-refractivity contribution in [3.8, 4) is 0 Å². The first-order valence-electron chi connectivity index (χ1n) is 9.06. The van der Waals surface area contributed by atoms with Gasteiger partial charge in [-0.2, -0.15) is 0 Å². The van der Waals surface area contributed by atoms with Gasteiger partial charge in [0.05, 0.1) is 23.8 Å². The van der Waals surface area contributed by atoms with Crippen LogP contribution in [0.15, 0.2) is 35.5 Å². The van der Waals surface area contributed by atoms with E-state index in [-0.39, 0.29) is 11.9 Å². The molecule has 3 heterocycles. The highest BCUT2D eigenvalue weighted by Gasteiger charge is 2.25. The lowest BCUT2D eigenvalue weighted by atomic mass is 10.0. The van der Waals surface area contributed by atoms with Crippen LogP contribution in [0.1, 0.15) is 40.6 Å². The molecular weight excluding hydrogens is 378 g/mol. The first-order chi connectivity index (χ1) is 13.2. The summed E-state index contributed by atoms with van der Waals surface area (Å²) in [6.07, 6.45) is 3.27. The van der Waals surface area contributed by atoms with Crippen molar-refractivity contribution in [3.05, 3.63) is 46.3 Å². The molecule has 1 aromatic carbocycles. The fourth-order valence-electron chi connectivity index (χ4n) is 3.33. The van der Waals surface area contributed by atoms with Gasteiger partial charge in [-0.3, -0.25) is 4.79 Å². The Morgan fingerprint density at radius 2 is 2.15 bits per heavy atom. The fourth-order valence-corrected chi connectivity index (χ4v) is 5.27. The normalized spacial score (nSPS) is 16.4. The lowest BCUT2D eigenvalue weighted by Gasteiger charge is -2.22. The van der Waals surface area contributed by atoms with E-state index in [0.717, 1.165) is 29.5 Å². The van der Waals surface area contributed by atoms with Gasteiger partial charge in [-0.1, -0.05) is 55.4 Å². The van der Waals surface area contributed by atoms with Crippen molar-refractivity contribution < 1.29 is 9.53 Å². The van der Waals surface area contributed by atoms with Crippen LogP contribution in [0.4, 0.5) is 5.82 Å². The van der Waals surface area contributed by atoms with E-state index in [2.05, 4.69) is 16.9 Å². The van der Waals surface area contributed by atoms with Crippen molar-refractivity contribution in [2.75, 3.05) is 11.5 Å². The van der Waals surface area contributed by atoms with Crippen molar-refractivity contribution in [3.63, 3.8) is 0 Å². The Morgan fingerprint density at radius 3 is 2.93 bits per heavy atom. The first kappa shape index (κ1) is 18.4. The van der Waals surface area contributed by atoms with Crippen molar-refractivity contribution >= 4 is 44.9 Å². The summed E-state index contributed by atoms with van der Waals surface area (Å²) in [7, 11) is 0. The molecule has 0 radical (unpaired) electrons. The summed E-state index contributed by atoms with van der Waals surface area (Å²) in [5, 5.41) is 1.52. The van der Waals surface area contributed by atoms with E-state index in [1.54, 1.807) is 11.3 Å². The average molecular weight is 400 g/mol. The van der Waals surface area contributed by atoms with Crippen LogP contribution in [0.3, 0.4) is 0 Å². The SMILES string of the molecule is CCC[C@H]1Cc2c(sc3nc(SCC(=O)c4ccccc4)nc(N)c23)CO1. The quantitative estimate of drug-likeness (QED) is 0.374. The molecule has 0 fully saturated rings. The molecule has 4 rings (SSSR count). The number of nitrogens with zero attached hydrogens (tertiary/aromatic N) is 2. The minimum atomic E-state index is 0.0594. The maximum Gasteiger partial charge on any atom is 0.191 e. The summed E-state index contributed by atoms with van der Waals surface area (Å²) >= 11 is 2.96. The van der Waals surface area contributed by atoms with Crippen molar-refractivity contribution in [2.45, 2.75) is 44.1 Å². The lowest BCUT2D eigenvalue weighted by Crippen LogP contribution is -2.21. The summed E-state index contributed by atoms with van der Waals surface area (Å²) in [5.41, 5.74) is 8.22. The van der Waals surface area contributed by atoms with E-state index in [9.17, 15) is 4.79 Å². The number of hydrogen-bond acceptors (Lipinski definition) is 7. The minimum absolute atomic E-state index is 0.0594. The van der Waals surface area contributed by atoms with E-state index < -0.39 is 0 Å². The number of aromatic nitrogens is 2. The van der Waals surface area contributed by atoms with Gasteiger partial charge in [-0.05, 0) is 12.0 Å². The topological polar surface area (TPSA) is 78.1 Å². The second-order valence-corrected chi connectivity index (χ2v) is 8.61. The number of carbonyl (C=O) groups is 1. The summed E-state index contributed by atoms with van der Waals surface area (Å²) in [4.78, 5) is 23.5. The molecule has 0 saturated carbocycles. The second kappa shape index (κ2) is 7.96. The van der Waals surface area contributed by atoms with Crippen LogP contribution in [-0.4, -0.2) is 27.6 Å². The molecule has 1 aliphatic heterocycles. The smallest absolute Gasteiger partial charge is 0.191 e. The number of rotatable bonds is 6. The van der Waals surface area contributed by atoms with Gasteiger partial charge in [0.25, 0.3) is 0 Å². The Morgan fingerprint density at radius 1 is 1.33 bits per heavy atom. The van der Waals surface area contributed by atoms with Crippen LogP contribution < -0.4 is 5.73 Å². The number of Topliss-reactive ketones (excluding diaryl/α,β-unsaturated/α-hetero) is 1. The average Bonchev–Trinajstić information content (AvgIpc) is 3.05. The number of ether oxygens (including phenoxy) is 1. The zero-order valence-electron chi connectivity index (χ0n) is 15.1. The number of fused-ring (bicyclic) bond motifs is 3. The number of thiophene rings is 1. The third kappa shape index (κ3) is 3.85. The van der Waals surface area contributed by atoms with Gasteiger partial charge in [-0.25, -0.2) is 9.97 Å². The number of ketones is 1. The Hall–Kier alpha value is -1.96. The molecule has 2 aromatic heterocycles. The molecule has 0 unspecified atom stereocenters. The van der Waals surface area contributed by atoms with E-state index in [0.29, 0.717) is 28.9 Å². The summed E-state index contributed by atoms with van der Waals surface area (Å²) in [5.74, 6) is 0.857. The maximum atomic E-state index is 12.3. The molecule has 1 atom stereocenters. The highest BCUT2D eigenvalue weighted by atomic mass is 32.2. The number of nitrogens with two attached hydrogens (primary N) is 1. The number of nitrogen functional groups attached to an aromatic ring is 1. The van der Waals surface area contributed by atoms with E-state index in [4.69, 9.17) is 10.5 Å². The molecule has 0 saturated heterocycles. The number of benzene rings is 1. The summed E-state index contributed by atoms with van der Waals surface area (Å²) in [6, 6.07) is 9.27. The van der Waals surface area contributed by atoms with Gasteiger partial charge in [0.2, 0.25) is 0 Å². The van der Waals surface area contributed by atoms with Crippen LogP contribution in [0.5, 0.6) is 0 Å². The summed E-state index contributed by atoms with van der Waals surface area (Å²) in [6.45, 7) is 2.79. The monoisotopic (exact) mass is 399 g/mol. The van der Waals surface area contributed by atoms with Crippen LogP contribution in [0.2, 0.25) is 0 Å². The number of anilines is 1. The highest BCUT2D eigenvalue weighted by molar-refractivity contribution is 7.99. The van der Waals surface area contributed by atoms with E-state index in [1.807, 2.05) is 30.3 Å². The number of thioether (sulfide) groups is 1. The zero-order valence-corrected chi connectivity index (χ0v) is 16.7. The molecule has 0 bridgehead atoms. The molecular formula is C20H21N3O2S2. The zero-order chi connectivity index (χ0) is 18.8. The Kier molecular flexibility index (Phi) is 5.43. The second-order valence-electron chi connectivity index (χ2n) is 6.58. The summed E-state index contributed by atoms with van der Waals surface area (Å²) < 4.78 is 5.94. The minimum Gasteiger partial charge on any atom is -0.383 e. The molecule has 5 nitrogen and oxygen atoms in total. The lowest BCUT2D eigenvalue weighted by molar-refractivity contribution is 0.0254. The molecule has 1 aliphatic rings. The first-order valence-corrected chi connectivity index (χ1v) is 10.9. The van der Waals surface area contributed by atoms with Crippen LogP contribution in [-0.2, 0) is 17.8 Å². The van der Waals surface area contributed by atoms with Gasteiger partial charge in [0.15, 0.2) is 10.9 Å². The van der Waals surface area contributed by atoms with E-state index in [1.165, 1.54) is 22.2 Å². The third-order valence-corrected chi connectivity index (χ3v) is 6.61. The molecule has 2 N–H and O–H groups in total. The van der Waals surface area contributed by atoms with Gasteiger partial charge in [-0.15, -0.1) is 11.3 Å². The standard InChI is InChI=1S/C20H21N3O2S2/c1-2-6-13-9-14-16(10-25-13)27-19-17(14)18(21)22-20(23-19)26-11-15(24)12-7-4-3-5-8-12/h3-5,7-8,13H,2,6,9-11H2,1H3,(H2,21,22,23)/t13-/m0/s1. The van der Waals surface area contributed by atoms with Crippen LogP contribution in [0.25, 0.3) is 10.2 Å². The molecule has 27 heavy (non-hydrogen) atoms. The van der Waals surface area contributed by atoms with Crippen molar-refractivity contribution in [1.29, 1.82) is 0 Å². The molecule has 140 valence electrons. The van der Waals surface area contributed by atoms with Gasteiger partial charge < -0.3 is 10.5 Å². The fraction of sp³-hybridized carbons (Fsp3) is 0.350. The van der Waals surface area contributed by atoms with Crippen molar-refractivity contribution in [2.24, 2.45) is 0 Å². The van der Waals surface area contributed by atoms with Gasteiger partial charge in [0, 0.05) is 16.9 Å². The molecule has 3 aromatic rings. The van der Waals surface area contributed by atoms with Crippen LogP contribution in [0, 0.1) is 0 Å². The predicted octanol–water partition coefficient (Wildman–Crippen LogP) is 4.49. The van der Waals surface area contributed by atoms with E-state index >= 15 is 0 Å². The van der Waals surface area contributed by atoms with Crippen molar-refractivity contribution in [1.82, 2.24) is 9.97 Å². The van der Waals surface area contributed by atoms with Gasteiger partial charge in [0.1, 0.15) is 10.6 Å². The maximum absolute atomic E-state index is 12.3. The number of carbonyl (C=O) groups excluding carboxylic acids is 1. The molecule has 0 aliphatic carbocycles. The molecule has 0 amide bonds. The van der Waals surface area contributed by atoms with Crippen LogP contribution >= 0.6 is 23.1 Å². The third-order valence-electron chi connectivity index (χ3n) is 4.66. The molecule has 7 heteroatoms.